The quantitative estimate of drug-likeness (QED) is 0.921. The molecule has 5 nitrogen and oxygen atoms in total. The zero-order valence-corrected chi connectivity index (χ0v) is 15.3. The summed E-state index contributed by atoms with van der Waals surface area (Å²) in [6, 6.07) is 5.50. The molecule has 0 saturated carbocycles. The van der Waals surface area contributed by atoms with E-state index in [4.69, 9.17) is 4.74 Å². The Morgan fingerprint density at radius 2 is 2.09 bits per heavy atom. The second-order valence-electron chi connectivity index (χ2n) is 6.80. The van der Waals surface area contributed by atoms with E-state index < -0.39 is 10.8 Å². The summed E-state index contributed by atoms with van der Waals surface area (Å²) in [6.07, 6.45) is 0.117. The van der Waals surface area contributed by atoms with Crippen LogP contribution in [0.3, 0.4) is 0 Å². The molecule has 0 radical (unpaired) electrons. The van der Waals surface area contributed by atoms with Crippen LogP contribution in [0, 0.1) is 6.92 Å². The van der Waals surface area contributed by atoms with Crippen molar-refractivity contribution in [2.24, 2.45) is 0 Å². The van der Waals surface area contributed by atoms with Gasteiger partial charge in [-0.25, -0.2) is 4.79 Å². The van der Waals surface area contributed by atoms with Crippen LogP contribution < -0.4 is 10.1 Å². The molecule has 1 aromatic rings. The fourth-order valence-corrected chi connectivity index (χ4v) is 3.81. The predicted octanol–water partition coefficient (Wildman–Crippen LogP) is 3.16. The molecule has 2 amide bonds. The largest absolute Gasteiger partial charge is 0.491 e. The number of anilines is 1. The molecular weight excluding hydrogens is 312 g/mol. The molecule has 1 heterocycles. The van der Waals surface area contributed by atoms with Gasteiger partial charge in [0, 0.05) is 35.3 Å². The fraction of sp³-hybridized carbons (Fsp3) is 0.588. The van der Waals surface area contributed by atoms with Gasteiger partial charge < -0.3 is 15.0 Å². The number of amides is 2. The van der Waals surface area contributed by atoms with E-state index in [0.717, 1.165) is 17.0 Å². The van der Waals surface area contributed by atoms with Crippen LogP contribution in [0.25, 0.3) is 0 Å². The van der Waals surface area contributed by atoms with E-state index in [-0.39, 0.29) is 16.9 Å². The number of hydrogen-bond donors (Lipinski definition) is 1. The summed E-state index contributed by atoms with van der Waals surface area (Å²) >= 11 is 0. The molecule has 23 heavy (non-hydrogen) atoms. The van der Waals surface area contributed by atoms with Crippen LogP contribution in [-0.2, 0) is 10.8 Å². The van der Waals surface area contributed by atoms with E-state index in [9.17, 15) is 9.00 Å². The molecule has 2 rings (SSSR count). The zero-order valence-electron chi connectivity index (χ0n) is 14.5. The molecule has 1 unspecified atom stereocenters. The van der Waals surface area contributed by atoms with Crippen LogP contribution in [0.15, 0.2) is 18.2 Å². The number of rotatable bonds is 3. The van der Waals surface area contributed by atoms with Crippen molar-refractivity contribution >= 4 is 22.5 Å². The Morgan fingerprint density at radius 1 is 1.39 bits per heavy atom. The molecule has 1 aromatic carbocycles. The van der Waals surface area contributed by atoms with Crippen molar-refractivity contribution in [2.75, 3.05) is 24.2 Å². The topological polar surface area (TPSA) is 58.6 Å². The summed E-state index contributed by atoms with van der Waals surface area (Å²) in [5, 5.41) is 2.95. The van der Waals surface area contributed by atoms with Gasteiger partial charge in [0.2, 0.25) is 0 Å². The van der Waals surface area contributed by atoms with Gasteiger partial charge in [-0.2, -0.15) is 0 Å². The number of nitrogens with zero attached hydrogens (tertiary/aromatic N) is 1. The van der Waals surface area contributed by atoms with Crippen LogP contribution in [0.2, 0.25) is 0 Å². The normalized spacial score (nSPS) is 20.4. The van der Waals surface area contributed by atoms with Crippen molar-refractivity contribution < 1.29 is 13.7 Å². The van der Waals surface area contributed by atoms with E-state index in [1.165, 1.54) is 0 Å². The van der Waals surface area contributed by atoms with Gasteiger partial charge in [-0.05, 0) is 58.4 Å². The van der Waals surface area contributed by atoms with Gasteiger partial charge in [0.1, 0.15) is 5.75 Å². The predicted molar refractivity (Wildman–Crippen MR) is 94.6 cm³/mol. The molecule has 128 valence electrons. The summed E-state index contributed by atoms with van der Waals surface area (Å²) < 4.78 is 17.3. The lowest BCUT2D eigenvalue weighted by atomic mass is 10.2. The SMILES string of the molecule is Cc1cc(OC(C)C)ccc1NC(=O)N1CCS(=O)C(C)(C)C1. The smallest absolute Gasteiger partial charge is 0.321 e. The average molecular weight is 338 g/mol. The van der Waals surface area contributed by atoms with Crippen molar-refractivity contribution in [2.45, 2.75) is 45.5 Å². The number of nitrogens with one attached hydrogen (secondary N) is 1. The van der Waals surface area contributed by atoms with Crippen molar-refractivity contribution in [3.8, 4) is 5.75 Å². The molecule has 1 aliphatic rings. The fourth-order valence-electron chi connectivity index (χ4n) is 2.57. The molecule has 1 saturated heterocycles. The monoisotopic (exact) mass is 338 g/mol. The Bertz CT molecular complexity index is 614. The maximum absolute atomic E-state index is 12.5. The highest BCUT2D eigenvalue weighted by Crippen LogP contribution is 2.24. The summed E-state index contributed by atoms with van der Waals surface area (Å²) in [4.78, 5) is 14.2. The van der Waals surface area contributed by atoms with Crippen molar-refractivity contribution in [3.63, 3.8) is 0 Å². The third-order valence-electron chi connectivity index (χ3n) is 3.83. The number of carbonyl (C=O) groups excluding carboxylic acids is 1. The first kappa shape index (κ1) is 17.8. The van der Waals surface area contributed by atoms with Crippen molar-refractivity contribution in [1.29, 1.82) is 0 Å². The standard InChI is InChI=1S/C17H26N2O3S/c1-12(2)22-14-6-7-15(13(3)10-14)18-16(20)19-8-9-23(21)17(4,5)11-19/h6-7,10,12H,8-9,11H2,1-5H3,(H,18,20). The first-order valence-corrected chi connectivity index (χ1v) is 9.22. The van der Waals surface area contributed by atoms with Crippen LogP contribution in [-0.4, -0.2) is 44.8 Å². The minimum absolute atomic E-state index is 0.117. The second-order valence-corrected chi connectivity index (χ2v) is 9.01. The summed E-state index contributed by atoms with van der Waals surface area (Å²) in [6.45, 7) is 10.8. The van der Waals surface area contributed by atoms with Crippen LogP contribution in [0.5, 0.6) is 5.75 Å². The van der Waals surface area contributed by atoms with E-state index in [1.54, 1.807) is 4.90 Å². The van der Waals surface area contributed by atoms with Gasteiger partial charge in [0.05, 0.1) is 10.9 Å². The average Bonchev–Trinajstić information content (AvgIpc) is 2.44. The number of hydrogen-bond acceptors (Lipinski definition) is 3. The van der Waals surface area contributed by atoms with Gasteiger partial charge in [0.15, 0.2) is 0 Å². The van der Waals surface area contributed by atoms with E-state index in [0.29, 0.717) is 18.8 Å². The molecule has 1 fully saturated rings. The van der Waals surface area contributed by atoms with E-state index >= 15 is 0 Å². The molecule has 1 N–H and O–H groups in total. The number of urea groups is 1. The molecule has 1 atom stereocenters. The van der Waals surface area contributed by atoms with Crippen LogP contribution >= 0.6 is 0 Å². The molecule has 1 aliphatic heterocycles. The molecule has 6 heteroatoms. The summed E-state index contributed by atoms with van der Waals surface area (Å²) in [5.41, 5.74) is 1.73. The maximum atomic E-state index is 12.5. The lowest BCUT2D eigenvalue weighted by molar-refractivity contribution is 0.207. The lowest BCUT2D eigenvalue weighted by Gasteiger charge is -2.37. The first-order valence-electron chi connectivity index (χ1n) is 7.91. The van der Waals surface area contributed by atoms with Crippen molar-refractivity contribution in [3.05, 3.63) is 23.8 Å². The Hall–Kier alpha value is -1.56. The zero-order chi connectivity index (χ0) is 17.2. The van der Waals surface area contributed by atoms with Gasteiger partial charge in [-0.15, -0.1) is 0 Å². The Labute approximate surface area is 140 Å². The first-order chi connectivity index (χ1) is 10.7. The number of benzene rings is 1. The molecule has 0 aromatic heterocycles. The van der Waals surface area contributed by atoms with Gasteiger partial charge >= 0.3 is 6.03 Å². The maximum Gasteiger partial charge on any atom is 0.321 e. The third-order valence-corrected chi connectivity index (χ3v) is 5.75. The Morgan fingerprint density at radius 3 is 2.65 bits per heavy atom. The van der Waals surface area contributed by atoms with Crippen LogP contribution in [0.4, 0.5) is 10.5 Å². The molecular formula is C17H26N2O3S. The summed E-state index contributed by atoms with van der Waals surface area (Å²) in [7, 11) is -0.886. The third kappa shape index (κ3) is 4.47. The van der Waals surface area contributed by atoms with E-state index in [1.807, 2.05) is 52.8 Å². The molecule has 0 spiro atoms. The number of aryl methyl sites for hydroxylation is 1. The van der Waals surface area contributed by atoms with Gasteiger partial charge in [-0.1, -0.05) is 0 Å². The Kier molecular flexibility index (Phi) is 5.34. The highest BCUT2D eigenvalue weighted by molar-refractivity contribution is 7.86. The molecule has 0 aliphatic carbocycles. The highest BCUT2D eigenvalue weighted by atomic mass is 32.2. The van der Waals surface area contributed by atoms with E-state index in [2.05, 4.69) is 5.32 Å². The Balaban J connectivity index is 2.04. The number of carbonyl (C=O) groups is 1. The minimum atomic E-state index is -0.886. The summed E-state index contributed by atoms with van der Waals surface area (Å²) in [5.74, 6) is 1.32. The van der Waals surface area contributed by atoms with Crippen molar-refractivity contribution in [1.82, 2.24) is 4.90 Å². The molecule has 0 bridgehead atoms. The van der Waals surface area contributed by atoms with Gasteiger partial charge in [0.25, 0.3) is 0 Å². The minimum Gasteiger partial charge on any atom is -0.491 e. The van der Waals surface area contributed by atoms with Gasteiger partial charge in [-0.3, -0.25) is 4.21 Å². The lowest BCUT2D eigenvalue weighted by Crippen LogP contribution is -2.53. The second kappa shape index (κ2) is 6.91. The number of ether oxygens (including phenoxy) is 1. The van der Waals surface area contributed by atoms with Crippen LogP contribution in [0.1, 0.15) is 33.3 Å². The highest BCUT2D eigenvalue weighted by Gasteiger charge is 2.35.